The summed E-state index contributed by atoms with van der Waals surface area (Å²) >= 11 is 0. The normalized spacial score (nSPS) is 30.5. The number of nitro groups is 1. The van der Waals surface area contributed by atoms with Crippen LogP contribution < -0.4 is 10.4 Å². The van der Waals surface area contributed by atoms with Crippen LogP contribution in [0.4, 0.5) is 5.69 Å². The molecule has 9 nitrogen and oxygen atoms in total. The number of carbonyl (C=O) groups excluding carboxylic acids is 1. The van der Waals surface area contributed by atoms with E-state index in [1.807, 2.05) is 0 Å². The van der Waals surface area contributed by atoms with Crippen molar-refractivity contribution in [1.29, 1.82) is 0 Å². The van der Waals surface area contributed by atoms with Crippen LogP contribution in [0.2, 0.25) is 0 Å². The van der Waals surface area contributed by atoms with E-state index >= 15 is 0 Å². The molecule has 1 aromatic carbocycles. The molecule has 3 unspecified atom stereocenters. The van der Waals surface area contributed by atoms with E-state index in [4.69, 9.17) is 0 Å². The van der Waals surface area contributed by atoms with Crippen molar-refractivity contribution in [3.8, 4) is 0 Å². The second kappa shape index (κ2) is 5.53. The first-order valence-corrected chi connectivity index (χ1v) is 9.17. The minimum atomic E-state index is -3.90. The molecule has 1 fully saturated rings. The highest BCUT2D eigenvalue weighted by molar-refractivity contribution is 7.92. The fraction of sp³-hybridized carbons (Fsp3) is 0.400. The minimum Gasteiger partial charge on any atom is -0.545 e. The maximum absolute atomic E-state index is 12.5. The highest BCUT2D eigenvalue weighted by atomic mass is 32.2. The van der Waals surface area contributed by atoms with Crippen LogP contribution in [-0.4, -0.2) is 41.1 Å². The van der Waals surface area contributed by atoms with Crippen LogP contribution in [0, 0.1) is 10.1 Å². The molecule has 0 aliphatic carbocycles. The van der Waals surface area contributed by atoms with Gasteiger partial charge >= 0.3 is 0 Å². The molecule has 0 aromatic heterocycles. The van der Waals surface area contributed by atoms with Crippen LogP contribution in [0.3, 0.4) is 0 Å². The molecule has 0 radical (unpaired) electrons. The smallest absolute Gasteiger partial charge is 0.273 e. The second-order valence-corrected chi connectivity index (χ2v) is 8.45. The summed E-state index contributed by atoms with van der Waals surface area (Å²) in [4.78, 5) is 22.3. The number of benzene rings is 1. The molecule has 0 spiro atoms. The number of nitrogens with zero attached hydrogens (tertiary/aromatic N) is 1. The number of hydrogen-bond acceptors (Lipinski definition) is 8. The number of sulfone groups is 1. The van der Waals surface area contributed by atoms with Gasteiger partial charge in [-0.2, -0.15) is 0 Å². The van der Waals surface area contributed by atoms with E-state index in [-0.39, 0.29) is 23.4 Å². The first-order chi connectivity index (χ1) is 11.6. The molecule has 25 heavy (non-hydrogen) atoms. The Labute approximate surface area is 143 Å². The molecule has 1 saturated heterocycles. The van der Waals surface area contributed by atoms with Gasteiger partial charge in [-0.3, -0.25) is 10.1 Å². The summed E-state index contributed by atoms with van der Waals surface area (Å²) in [6.45, 7) is 1.37. The summed E-state index contributed by atoms with van der Waals surface area (Å²) in [6.07, 6.45) is -0.144. The molecule has 3 atom stereocenters. The van der Waals surface area contributed by atoms with E-state index in [0.29, 0.717) is 0 Å². The Morgan fingerprint density at radius 1 is 1.40 bits per heavy atom. The number of hydrogen-bond donors (Lipinski definition) is 2. The van der Waals surface area contributed by atoms with Gasteiger partial charge in [-0.15, -0.1) is 0 Å². The van der Waals surface area contributed by atoms with Gasteiger partial charge in [0.15, 0.2) is 15.6 Å². The van der Waals surface area contributed by atoms with Gasteiger partial charge < -0.3 is 20.3 Å². The summed E-state index contributed by atoms with van der Waals surface area (Å²) in [6, 6.07) is 5.32. The number of para-hydroxylation sites is 1. The topological polar surface area (TPSA) is 150 Å². The lowest BCUT2D eigenvalue weighted by atomic mass is 9.78. The Kier molecular flexibility index (Phi) is 3.84. The van der Waals surface area contributed by atoms with Gasteiger partial charge in [-0.1, -0.05) is 18.2 Å². The Morgan fingerprint density at radius 2 is 2.04 bits per heavy atom. The summed E-state index contributed by atoms with van der Waals surface area (Å²) in [5.74, 6) is -3.41. The van der Waals surface area contributed by atoms with E-state index in [1.165, 1.54) is 31.2 Å². The van der Waals surface area contributed by atoms with E-state index in [0.717, 1.165) is 0 Å². The molecule has 1 aromatic rings. The predicted octanol–water partition coefficient (Wildman–Crippen LogP) is -0.819. The number of fused-ring (bicyclic) bond motifs is 1. The Hall–Kier alpha value is -2.46. The summed E-state index contributed by atoms with van der Waals surface area (Å²) in [5.41, 5.74) is -2.77. The van der Waals surface area contributed by atoms with Gasteiger partial charge in [0.1, 0.15) is 5.25 Å². The molecule has 0 amide bonds. The number of allylic oxidation sites excluding steroid dienone is 1. The molecule has 10 heteroatoms. The van der Waals surface area contributed by atoms with Gasteiger partial charge in [0.25, 0.3) is 5.69 Å². The number of carboxylic acid groups (broad SMARTS) is 1. The first kappa shape index (κ1) is 17.4. The number of carbonyl (C=O) groups is 1. The minimum absolute atomic E-state index is 0.0269. The van der Waals surface area contributed by atoms with Gasteiger partial charge in [-0.25, -0.2) is 8.42 Å². The Morgan fingerprint density at radius 3 is 2.64 bits per heavy atom. The van der Waals surface area contributed by atoms with E-state index in [1.54, 1.807) is 0 Å². The van der Waals surface area contributed by atoms with Crippen molar-refractivity contribution in [2.45, 2.75) is 30.2 Å². The fourth-order valence-electron chi connectivity index (χ4n) is 3.77. The van der Waals surface area contributed by atoms with Crippen molar-refractivity contribution in [3.05, 3.63) is 51.2 Å². The van der Waals surface area contributed by atoms with Gasteiger partial charge in [0.2, 0.25) is 0 Å². The maximum atomic E-state index is 12.5. The predicted molar refractivity (Wildman–Crippen MR) is 83.8 cm³/mol. The van der Waals surface area contributed by atoms with E-state index in [9.17, 15) is 33.5 Å². The summed E-state index contributed by atoms with van der Waals surface area (Å²) in [5, 5.41) is 34.8. The SMILES string of the molecule is CC1=C(C(=O)[O-])C(c2ccccc2[N+](=O)[O-])C2C(O)(CCS2(=O)=O)N1. The lowest BCUT2D eigenvalue weighted by Gasteiger charge is -2.42. The van der Waals surface area contributed by atoms with Crippen molar-refractivity contribution in [2.75, 3.05) is 5.75 Å². The molecule has 0 saturated carbocycles. The fourth-order valence-corrected chi connectivity index (χ4v) is 6.09. The largest absolute Gasteiger partial charge is 0.545 e. The molecule has 2 heterocycles. The van der Waals surface area contributed by atoms with Gasteiger partial charge in [-0.05, 0) is 6.92 Å². The molecule has 134 valence electrons. The molecule has 2 aliphatic heterocycles. The van der Waals surface area contributed by atoms with Crippen LogP contribution >= 0.6 is 0 Å². The number of rotatable bonds is 3. The molecular weight excluding hydrogens is 352 g/mol. The maximum Gasteiger partial charge on any atom is 0.273 e. The lowest BCUT2D eigenvalue weighted by Crippen LogP contribution is -2.59. The van der Waals surface area contributed by atoms with Crippen LogP contribution in [0.15, 0.2) is 35.5 Å². The third-order valence-corrected chi connectivity index (χ3v) is 6.94. The number of carboxylic acids is 1. The molecule has 0 bridgehead atoms. The number of aliphatic carboxylic acids is 1. The van der Waals surface area contributed by atoms with Gasteiger partial charge in [0, 0.05) is 35.2 Å². The number of nitro benzene ring substituents is 1. The molecule has 2 N–H and O–H groups in total. The second-order valence-electron chi connectivity index (χ2n) is 6.21. The number of aliphatic hydroxyl groups is 1. The zero-order chi connectivity index (χ0) is 18.6. The van der Waals surface area contributed by atoms with E-state index in [2.05, 4.69) is 5.32 Å². The Bertz CT molecular complexity index is 908. The van der Waals surface area contributed by atoms with Crippen LogP contribution in [0.5, 0.6) is 0 Å². The average Bonchev–Trinajstić information content (AvgIpc) is 2.75. The first-order valence-electron chi connectivity index (χ1n) is 7.46. The molecule has 2 aliphatic rings. The van der Waals surface area contributed by atoms with Crippen molar-refractivity contribution >= 4 is 21.5 Å². The van der Waals surface area contributed by atoms with Gasteiger partial charge in [0.05, 0.1) is 16.6 Å². The lowest BCUT2D eigenvalue weighted by molar-refractivity contribution is -0.385. The quantitative estimate of drug-likeness (QED) is 0.520. The summed E-state index contributed by atoms with van der Waals surface area (Å²) < 4.78 is 25.1. The van der Waals surface area contributed by atoms with Crippen LogP contribution in [0.1, 0.15) is 24.8 Å². The van der Waals surface area contributed by atoms with Crippen molar-refractivity contribution < 1.29 is 28.3 Å². The van der Waals surface area contributed by atoms with Crippen molar-refractivity contribution in [1.82, 2.24) is 5.32 Å². The van der Waals surface area contributed by atoms with Crippen molar-refractivity contribution in [2.24, 2.45) is 0 Å². The van der Waals surface area contributed by atoms with Crippen LogP contribution in [0.25, 0.3) is 0 Å². The average molecular weight is 367 g/mol. The number of nitrogens with one attached hydrogen (secondary N) is 1. The zero-order valence-corrected chi connectivity index (χ0v) is 13.9. The highest BCUT2D eigenvalue weighted by Gasteiger charge is 2.59. The molecular formula is C15H15N2O7S-. The molecule has 3 rings (SSSR count). The monoisotopic (exact) mass is 367 g/mol. The highest BCUT2D eigenvalue weighted by Crippen LogP contribution is 2.48. The summed E-state index contributed by atoms with van der Waals surface area (Å²) in [7, 11) is -3.90. The zero-order valence-electron chi connectivity index (χ0n) is 13.1. The van der Waals surface area contributed by atoms with Crippen LogP contribution in [-0.2, 0) is 14.6 Å². The van der Waals surface area contributed by atoms with Crippen molar-refractivity contribution in [3.63, 3.8) is 0 Å². The third-order valence-electron chi connectivity index (χ3n) is 4.74. The standard InChI is InChI=1S/C15H16N2O7S/c1-8-11(14(18)19)12(9-4-2-3-5-10(9)17(21)22)13-15(20,16-8)6-7-25(13,23)24/h2-5,12-13,16,20H,6-7H2,1H3,(H,18,19)/p-1. The Balaban J connectivity index is 2.34. The third kappa shape index (κ3) is 2.57. The van der Waals surface area contributed by atoms with E-state index < -0.39 is 48.9 Å².